The number of primary amides is 1. The molecule has 1 aromatic rings. The van der Waals surface area contributed by atoms with Crippen LogP contribution in [0, 0.1) is 0 Å². The third kappa shape index (κ3) is 4.05. The van der Waals surface area contributed by atoms with Gasteiger partial charge in [-0.2, -0.15) is 13.2 Å². The number of pyridine rings is 1. The number of aliphatic hydroxyl groups excluding tert-OH is 2. The Bertz CT molecular complexity index is 482. The first kappa shape index (κ1) is 15.7. The molecule has 0 aromatic carbocycles. The number of nitrogens with two attached hydrogens (primary N) is 1. The van der Waals surface area contributed by atoms with Gasteiger partial charge in [-0.05, 0) is 6.07 Å². The molecule has 1 heterocycles. The minimum Gasteiger partial charge on any atom is -0.390 e. The van der Waals surface area contributed by atoms with Gasteiger partial charge in [-0.3, -0.25) is 4.79 Å². The summed E-state index contributed by atoms with van der Waals surface area (Å²) in [7, 11) is 0. The molecule has 106 valence electrons. The van der Waals surface area contributed by atoms with E-state index in [0.717, 1.165) is 0 Å². The van der Waals surface area contributed by atoms with Crippen LogP contribution >= 0.6 is 11.6 Å². The third-order valence-corrected chi connectivity index (χ3v) is 2.60. The number of halogens is 4. The third-order valence-electron chi connectivity index (χ3n) is 2.29. The normalized spacial score (nSPS) is 15.1. The topological polar surface area (TPSA) is 96.4 Å². The lowest BCUT2D eigenvalue weighted by Gasteiger charge is -2.18. The molecule has 0 radical (unpaired) electrons. The Labute approximate surface area is 110 Å². The van der Waals surface area contributed by atoms with Gasteiger partial charge in [-0.1, -0.05) is 11.6 Å². The first-order valence-corrected chi connectivity index (χ1v) is 5.37. The van der Waals surface area contributed by atoms with Gasteiger partial charge >= 0.3 is 6.18 Å². The maximum absolute atomic E-state index is 12.5. The molecule has 0 aliphatic carbocycles. The summed E-state index contributed by atoms with van der Waals surface area (Å²) in [6, 6.07) is 0.560. The number of aromatic nitrogens is 1. The number of hydrogen-bond donors (Lipinski definition) is 3. The van der Waals surface area contributed by atoms with E-state index >= 15 is 0 Å². The van der Waals surface area contributed by atoms with Crippen molar-refractivity contribution in [2.45, 2.75) is 24.8 Å². The first-order valence-electron chi connectivity index (χ1n) is 5.00. The monoisotopic (exact) mass is 298 g/mol. The van der Waals surface area contributed by atoms with Crippen LogP contribution in [0.25, 0.3) is 0 Å². The lowest BCUT2D eigenvalue weighted by atomic mass is 10.0. The molecule has 0 aliphatic heterocycles. The second kappa shape index (κ2) is 5.72. The van der Waals surface area contributed by atoms with Crippen LogP contribution < -0.4 is 5.73 Å². The highest BCUT2D eigenvalue weighted by molar-refractivity contribution is 6.30. The molecule has 0 spiro atoms. The fraction of sp³-hybridized carbons (Fsp3) is 0.400. The van der Waals surface area contributed by atoms with Crippen molar-refractivity contribution in [3.63, 3.8) is 0 Å². The van der Waals surface area contributed by atoms with Crippen molar-refractivity contribution >= 4 is 17.5 Å². The summed E-state index contributed by atoms with van der Waals surface area (Å²) in [5.74, 6) is -0.914. The van der Waals surface area contributed by atoms with Crippen LogP contribution in [0.1, 0.15) is 23.7 Å². The van der Waals surface area contributed by atoms with E-state index in [-0.39, 0.29) is 0 Å². The fourth-order valence-electron chi connectivity index (χ4n) is 1.35. The molecule has 0 saturated carbocycles. The molecular formula is C10H10ClF3N2O3. The van der Waals surface area contributed by atoms with Crippen molar-refractivity contribution in [1.82, 2.24) is 4.98 Å². The molecule has 4 N–H and O–H groups in total. The number of carbonyl (C=O) groups excluding carboxylic acids is 1. The van der Waals surface area contributed by atoms with Crippen molar-refractivity contribution in [2.75, 3.05) is 0 Å². The molecular weight excluding hydrogens is 289 g/mol. The first-order chi connectivity index (χ1) is 8.62. The summed E-state index contributed by atoms with van der Waals surface area (Å²) in [5.41, 5.74) is 3.25. The SMILES string of the molecule is NC(=O)CC(O)C(O)c1cc(C(F)(F)F)cnc1Cl. The minimum absolute atomic E-state index is 0.399. The van der Waals surface area contributed by atoms with E-state index in [1.54, 1.807) is 0 Å². The molecule has 1 aromatic heterocycles. The van der Waals surface area contributed by atoms with Crippen LogP contribution in [-0.4, -0.2) is 27.2 Å². The Morgan fingerprint density at radius 2 is 2.05 bits per heavy atom. The summed E-state index contributed by atoms with van der Waals surface area (Å²) in [4.78, 5) is 13.9. The van der Waals surface area contributed by atoms with Crippen LogP contribution in [0.4, 0.5) is 13.2 Å². The van der Waals surface area contributed by atoms with Crippen molar-refractivity contribution in [1.29, 1.82) is 0 Å². The van der Waals surface area contributed by atoms with Crippen molar-refractivity contribution in [3.8, 4) is 0 Å². The largest absolute Gasteiger partial charge is 0.417 e. The van der Waals surface area contributed by atoms with E-state index in [1.807, 2.05) is 0 Å². The van der Waals surface area contributed by atoms with Crippen LogP contribution in [0.2, 0.25) is 5.15 Å². The van der Waals surface area contributed by atoms with Crippen LogP contribution in [0.15, 0.2) is 12.3 Å². The molecule has 0 bridgehead atoms. The van der Waals surface area contributed by atoms with Gasteiger partial charge in [-0.15, -0.1) is 0 Å². The van der Waals surface area contributed by atoms with Crippen molar-refractivity contribution in [2.24, 2.45) is 5.73 Å². The summed E-state index contributed by atoms with van der Waals surface area (Å²) < 4.78 is 37.4. The van der Waals surface area contributed by atoms with Gasteiger partial charge in [-0.25, -0.2) is 4.98 Å². The van der Waals surface area contributed by atoms with Crippen LogP contribution in [0.5, 0.6) is 0 Å². The van der Waals surface area contributed by atoms with Gasteiger partial charge in [0.15, 0.2) is 0 Å². The second-order valence-corrected chi connectivity index (χ2v) is 4.14. The number of carbonyl (C=O) groups is 1. The van der Waals surface area contributed by atoms with E-state index in [1.165, 1.54) is 0 Å². The van der Waals surface area contributed by atoms with Crippen LogP contribution in [0.3, 0.4) is 0 Å². The molecule has 5 nitrogen and oxygen atoms in total. The highest BCUT2D eigenvalue weighted by atomic mass is 35.5. The summed E-state index contributed by atoms with van der Waals surface area (Å²) in [6.45, 7) is 0. The lowest BCUT2D eigenvalue weighted by molar-refractivity contribution is -0.138. The number of rotatable bonds is 4. The minimum atomic E-state index is -4.67. The molecule has 2 atom stereocenters. The average molecular weight is 299 g/mol. The Kier molecular flexibility index (Phi) is 4.72. The number of aliphatic hydroxyl groups is 2. The Morgan fingerprint density at radius 3 is 2.53 bits per heavy atom. The van der Waals surface area contributed by atoms with Gasteiger partial charge in [0.05, 0.1) is 18.1 Å². The highest BCUT2D eigenvalue weighted by Gasteiger charge is 2.33. The molecule has 1 rings (SSSR count). The predicted octanol–water partition coefficient (Wildman–Crippen LogP) is 1.02. The van der Waals surface area contributed by atoms with E-state index in [0.29, 0.717) is 12.3 Å². The highest BCUT2D eigenvalue weighted by Crippen LogP contribution is 2.33. The van der Waals surface area contributed by atoms with E-state index in [2.05, 4.69) is 4.98 Å². The van der Waals surface area contributed by atoms with Gasteiger partial charge in [0.2, 0.25) is 5.91 Å². The van der Waals surface area contributed by atoms with Crippen LogP contribution in [-0.2, 0) is 11.0 Å². The maximum Gasteiger partial charge on any atom is 0.417 e. The molecule has 9 heteroatoms. The fourth-order valence-corrected chi connectivity index (χ4v) is 1.57. The van der Waals surface area contributed by atoms with Crippen molar-refractivity contribution < 1.29 is 28.2 Å². The Morgan fingerprint density at radius 1 is 1.47 bits per heavy atom. The Balaban J connectivity index is 3.08. The van der Waals surface area contributed by atoms with E-state index in [4.69, 9.17) is 17.3 Å². The number of hydrogen-bond acceptors (Lipinski definition) is 4. The van der Waals surface area contributed by atoms with Gasteiger partial charge in [0.1, 0.15) is 11.3 Å². The summed E-state index contributed by atoms with van der Waals surface area (Å²) in [6.07, 6.45) is -8.25. The smallest absolute Gasteiger partial charge is 0.390 e. The number of amides is 1. The summed E-state index contributed by atoms with van der Waals surface area (Å²) >= 11 is 5.56. The molecule has 0 saturated heterocycles. The van der Waals surface area contributed by atoms with Crippen molar-refractivity contribution in [3.05, 3.63) is 28.5 Å². The molecule has 0 fully saturated rings. The molecule has 0 aliphatic rings. The zero-order chi connectivity index (χ0) is 14.8. The zero-order valence-electron chi connectivity index (χ0n) is 9.36. The molecule has 19 heavy (non-hydrogen) atoms. The van der Waals surface area contributed by atoms with E-state index in [9.17, 15) is 28.2 Å². The lowest BCUT2D eigenvalue weighted by Crippen LogP contribution is -2.26. The zero-order valence-corrected chi connectivity index (χ0v) is 10.1. The van der Waals surface area contributed by atoms with E-state index < -0.39 is 47.0 Å². The van der Waals surface area contributed by atoms with Gasteiger partial charge < -0.3 is 15.9 Å². The van der Waals surface area contributed by atoms with Gasteiger partial charge in [0, 0.05) is 11.8 Å². The Hall–Kier alpha value is -1.38. The number of nitrogens with zero attached hydrogens (tertiary/aromatic N) is 1. The summed E-state index contributed by atoms with van der Waals surface area (Å²) in [5, 5.41) is 18.7. The average Bonchev–Trinajstić information content (AvgIpc) is 2.26. The second-order valence-electron chi connectivity index (χ2n) is 3.78. The quantitative estimate of drug-likeness (QED) is 0.723. The molecule has 2 unspecified atom stereocenters. The standard InChI is InChI=1S/C10H10ClF3N2O3/c11-9-5(8(19)6(17)2-7(15)18)1-4(3-16-9)10(12,13)14/h1,3,6,8,17,19H,2H2,(H2,15,18). The predicted molar refractivity (Wildman–Crippen MR) is 59.0 cm³/mol. The maximum atomic E-state index is 12.5. The van der Waals surface area contributed by atoms with Gasteiger partial charge in [0.25, 0.3) is 0 Å². The number of alkyl halides is 3. The molecule has 1 amide bonds.